The summed E-state index contributed by atoms with van der Waals surface area (Å²) in [4.78, 5) is 11.6. The zero-order valence-corrected chi connectivity index (χ0v) is 10.3. The van der Waals surface area contributed by atoms with Gasteiger partial charge in [0.25, 0.3) is 0 Å². The second-order valence-electron chi connectivity index (χ2n) is 4.10. The molecule has 0 saturated carbocycles. The first-order chi connectivity index (χ1) is 8.18. The van der Waals surface area contributed by atoms with Crippen LogP contribution in [0.25, 0.3) is 0 Å². The number of esters is 1. The lowest BCUT2D eigenvalue weighted by Gasteiger charge is -2.38. The molecule has 1 aromatic rings. The van der Waals surface area contributed by atoms with E-state index in [4.69, 9.17) is 21.1 Å². The molecule has 1 saturated heterocycles. The minimum Gasteiger partial charge on any atom is -0.468 e. The fraction of sp³-hybridized carbons (Fsp3) is 0.417. The molecule has 1 heterocycles. The van der Waals surface area contributed by atoms with E-state index >= 15 is 0 Å². The third-order valence-corrected chi connectivity index (χ3v) is 3.20. The molecule has 5 heteroatoms. The highest BCUT2D eigenvalue weighted by Crippen LogP contribution is 2.30. The summed E-state index contributed by atoms with van der Waals surface area (Å²) in [7, 11) is 1.39. The Kier molecular flexibility index (Phi) is 3.54. The molecule has 1 aromatic carbocycles. The highest BCUT2D eigenvalue weighted by molar-refractivity contribution is 6.33. The van der Waals surface area contributed by atoms with Gasteiger partial charge in [-0.05, 0) is 12.1 Å². The number of halogens is 1. The third-order valence-electron chi connectivity index (χ3n) is 2.87. The Hall–Kier alpha value is -1.26. The predicted molar refractivity (Wildman–Crippen MR) is 65.2 cm³/mol. The normalized spacial score (nSPS) is 17.1. The number of methoxy groups -OCH3 is 1. The van der Waals surface area contributed by atoms with Gasteiger partial charge in [-0.1, -0.05) is 23.7 Å². The zero-order valence-electron chi connectivity index (χ0n) is 9.53. The third kappa shape index (κ3) is 2.37. The first-order valence-electron chi connectivity index (χ1n) is 5.32. The summed E-state index contributed by atoms with van der Waals surface area (Å²) in [5.41, 5.74) is 0.234. The second kappa shape index (κ2) is 4.94. The molecule has 1 N–H and O–H groups in total. The van der Waals surface area contributed by atoms with Gasteiger partial charge in [0.2, 0.25) is 0 Å². The molecule has 1 fully saturated rings. The topological polar surface area (TPSA) is 47.6 Å². The summed E-state index contributed by atoms with van der Waals surface area (Å²) < 4.78 is 9.89. The van der Waals surface area contributed by atoms with Gasteiger partial charge in [-0.25, -0.2) is 0 Å². The van der Waals surface area contributed by atoms with Crippen molar-refractivity contribution < 1.29 is 14.3 Å². The van der Waals surface area contributed by atoms with Gasteiger partial charge in [-0.15, -0.1) is 0 Å². The van der Waals surface area contributed by atoms with Gasteiger partial charge < -0.3 is 14.8 Å². The van der Waals surface area contributed by atoms with Crippen LogP contribution in [0.1, 0.15) is 0 Å². The molecule has 17 heavy (non-hydrogen) atoms. The van der Waals surface area contributed by atoms with Crippen LogP contribution >= 0.6 is 11.6 Å². The first-order valence-corrected chi connectivity index (χ1v) is 5.70. The number of hydrogen-bond donors (Lipinski definition) is 1. The summed E-state index contributed by atoms with van der Waals surface area (Å²) in [6.07, 6.45) is 0. The molecule has 0 amide bonds. The summed E-state index contributed by atoms with van der Waals surface area (Å²) >= 11 is 6.02. The van der Waals surface area contributed by atoms with Gasteiger partial charge in [0.1, 0.15) is 5.41 Å². The van der Waals surface area contributed by atoms with E-state index in [0.29, 0.717) is 24.8 Å². The van der Waals surface area contributed by atoms with Crippen LogP contribution in [0.15, 0.2) is 24.3 Å². The Morgan fingerprint density at radius 3 is 2.76 bits per heavy atom. The maximum absolute atomic E-state index is 11.6. The van der Waals surface area contributed by atoms with Gasteiger partial charge >= 0.3 is 5.97 Å². The Bertz CT molecular complexity index is 418. The van der Waals surface area contributed by atoms with E-state index in [2.05, 4.69) is 5.32 Å². The molecule has 4 nitrogen and oxygen atoms in total. The van der Waals surface area contributed by atoms with Gasteiger partial charge in [0.15, 0.2) is 0 Å². The van der Waals surface area contributed by atoms with Crippen molar-refractivity contribution in [1.82, 2.24) is 0 Å². The lowest BCUT2D eigenvalue weighted by atomic mass is 9.86. The molecule has 0 radical (unpaired) electrons. The number of nitrogens with one attached hydrogen (secondary N) is 1. The van der Waals surface area contributed by atoms with Gasteiger partial charge in [-0.2, -0.15) is 0 Å². The highest BCUT2D eigenvalue weighted by Gasteiger charge is 2.47. The van der Waals surface area contributed by atoms with Crippen molar-refractivity contribution in [3.8, 4) is 0 Å². The molecule has 2 rings (SSSR count). The van der Waals surface area contributed by atoms with Crippen LogP contribution in [0, 0.1) is 5.41 Å². The SMILES string of the molecule is COC(=O)C1(CNc2ccccc2Cl)COC1. The van der Waals surface area contributed by atoms with Crippen molar-refractivity contribution in [3.05, 3.63) is 29.3 Å². The van der Waals surface area contributed by atoms with E-state index in [1.54, 1.807) is 6.07 Å². The molecule has 1 aliphatic rings. The molecule has 0 unspecified atom stereocenters. The van der Waals surface area contributed by atoms with Crippen molar-refractivity contribution in [2.45, 2.75) is 0 Å². The summed E-state index contributed by atoms with van der Waals surface area (Å²) in [5.74, 6) is -0.247. The lowest BCUT2D eigenvalue weighted by Crippen LogP contribution is -2.54. The average Bonchev–Trinajstić information content (AvgIpc) is 2.29. The number of carbonyl (C=O) groups is 1. The van der Waals surface area contributed by atoms with Crippen LogP contribution in [-0.2, 0) is 14.3 Å². The molecule has 0 atom stereocenters. The van der Waals surface area contributed by atoms with Crippen LogP contribution in [0.2, 0.25) is 5.02 Å². The van der Waals surface area contributed by atoms with Gasteiger partial charge in [0.05, 0.1) is 31.0 Å². The standard InChI is InChI=1S/C12H14ClNO3/c1-16-11(15)12(7-17-8-12)6-14-10-5-3-2-4-9(10)13/h2-5,14H,6-8H2,1H3. The van der Waals surface area contributed by atoms with Crippen molar-refractivity contribution in [3.63, 3.8) is 0 Å². The Morgan fingerprint density at radius 2 is 2.24 bits per heavy atom. The van der Waals surface area contributed by atoms with Crippen molar-refractivity contribution in [2.75, 3.05) is 32.2 Å². The number of ether oxygens (including phenoxy) is 2. The minimum atomic E-state index is -0.575. The van der Waals surface area contributed by atoms with Crippen molar-refractivity contribution >= 4 is 23.3 Å². The number of carbonyl (C=O) groups excluding carboxylic acids is 1. The minimum absolute atomic E-state index is 0.247. The summed E-state index contributed by atoms with van der Waals surface area (Å²) in [5, 5.41) is 3.79. The maximum Gasteiger partial charge on any atom is 0.318 e. The molecular weight excluding hydrogens is 242 g/mol. The number of hydrogen-bond acceptors (Lipinski definition) is 4. The Labute approximate surface area is 105 Å². The molecule has 0 spiro atoms. The molecule has 0 bridgehead atoms. The van der Waals surface area contributed by atoms with E-state index in [0.717, 1.165) is 5.69 Å². The smallest absolute Gasteiger partial charge is 0.318 e. The van der Waals surface area contributed by atoms with Crippen LogP contribution in [0.4, 0.5) is 5.69 Å². The zero-order chi connectivity index (χ0) is 12.3. The molecule has 92 valence electrons. The molecule has 1 aliphatic heterocycles. The van der Waals surface area contributed by atoms with Crippen LogP contribution in [-0.4, -0.2) is 32.8 Å². The molecule has 0 aliphatic carbocycles. The monoisotopic (exact) mass is 255 g/mol. The van der Waals surface area contributed by atoms with Crippen LogP contribution in [0.3, 0.4) is 0 Å². The lowest BCUT2D eigenvalue weighted by molar-refractivity contribution is -0.180. The summed E-state index contributed by atoms with van der Waals surface area (Å²) in [6.45, 7) is 1.23. The van der Waals surface area contributed by atoms with Crippen molar-refractivity contribution in [2.24, 2.45) is 5.41 Å². The van der Waals surface area contributed by atoms with E-state index in [-0.39, 0.29) is 5.97 Å². The number of rotatable bonds is 4. The quantitative estimate of drug-likeness (QED) is 0.836. The number of benzene rings is 1. The fourth-order valence-corrected chi connectivity index (χ4v) is 1.93. The van der Waals surface area contributed by atoms with Crippen LogP contribution in [0.5, 0.6) is 0 Å². The first kappa shape index (κ1) is 12.2. The molecular formula is C12H14ClNO3. The highest BCUT2D eigenvalue weighted by atomic mass is 35.5. The molecule has 0 aromatic heterocycles. The van der Waals surface area contributed by atoms with Gasteiger partial charge in [-0.3, -0.25) is 4.79 Å². The van der Waals surface area contributed by atoms with Crippen molar-refractivity contribution in [1.29, 1.82) is 0 Å². The summed E-state index contributed by atoms with van der Waals surface area (Å²) in [6, 6.07) is 7.41. The van der Waals surface area contributed by atoms with E-state index in [1.807, 2.05) is 18.2 Å². The second-order valence-corrected chi connectivity index (χ2v) is 4.51. The average molecular weight is 256 g/mol. The van der Waals surface area contributed by atoms with E-state index < -0.39 is 5.41 Å². The van der Waals surface area contributed by atoms with E-state index in [9.17, 15) is 4.79 Å². The Balaban J connectivity index is 2.02. The maximum atomic E-state index is 11.6. The Morgan fingerprint density at radius 1 is 1.53 bits per heavy atom. The van der Waals surface area contributed by atoms with E-state index in [1.165, 1.54) is 7.11 Å². The largest absolute Gasteiger partial charge is 0.468 e. The predicted octanol–water partition coefficient (Wildman–Crippen LogP) is 1.94. The number of para-hydroxylation sites is 1. The van der Waals surface area contributed by atoms with Crippen LogP contribution < -0.4 is 5.32 Å². The number of anilines is 1. The van der Waals surface area contributed by atoms with Gasteiger partial charge in [0, 0.05) is 6.54 Å². The fourth-order valence-electron chi connectivity index (χ4n) is 1.73.